The second-order valence-corrected chi connectivity index (χ2v) is 13.1. The van der Waals surface area contributed by atoms with Crippen molar-refractivity contribution < 1.29 is 52.8 Å². The molecule has 3 atom stereocenters. The van der Waals surface area contributed by atoms with Crippen LogP contribution in [0.2, 0.25) is 0 Å². The van der Waals surface area contributed by atoms with Crippen LogP contribution in [0.4, 0.5) is 22.0 Å². The summed E-state index contributed by atoms with van der Waals surface area (Å²) in [6.45, 7) is 1.03. The second kappa shape index (κ2) is 17.0. The van der Waals surface area contributed by atoms with Gasteiger partial charge in [0.15, 0.2) is 29.8 Å². The maximum Gasteiger partial charge on any atom is 0.414 e. The van der Waals surface area contributed by atoms with Crippen LogP contribution in [0.25, 0.3) is 0 Å². The Balaban J connectivity index is 1.10. The molecule has 2 fully saturated rings. The van der Waals surface area contributed by atoms with Crippen LogP contribution in [0.3, 0.4) is 0 Å². The lowest BCUT2D eigenvalue weighted by Crippen LogP contribution is -2.57. The molecule has 0 saturated carbocycles. The zero-order valence-corrected chi connectivity index (χ0v) is 30.4. The number of benzene rings is 2. The second-order valence-electron chi connectivity index (χ2n) is 13.1. The summed E-state index contributed by atoms with van der Waals surface area (Å²) in [6.07, 6.45) is 3.50. The number of aromatic nitrogens is 2. The van der Waals surface area contributed by atoms with Gasteiger partial charge in [0.05, 0.1) is 43.7 Å². The minimum atomic E-state index is -1.28. The Morgan fingerprint density at radius 2 is 1.78 bits per heavy atom. The topological polar surface area (TPSA) is 200 Å². The Hall–Kier alpha value is -5.68. The molecule has 0 aliphatic carbocycles. The summed E-state index contributed by atoms with van der Waals surface area (Å²) >= 11 is 0. The van der Waals surface area contributed by atoms with E-state index < -0.39 is 36.5 Å². The van der Waals surface area contributed by atoms with E-state index in [2.05, 4.69) is 20.4 Å². The van der Waals surface area contributed by atoms with E-state index in [1.54, 1.807) is 24.1 Å². The van der Waals surface area contributed by atoms with Crippen molar-refractivity contribution in [3.05, 3.63) is 59.5 Å². The molecule has 3 aromatic rings. The molecule has 288 valence electrons. The lowest BCUT2D eigenvalue weighted by molar-refractivity contribution is -0.198. The number of aryl methyl sites for hydroxylation is 1. The number of esters is 1. The van der Waals surface area contributed by atoms with Crippen molar-refractivity contribution in [1.82, 2.24) is 14.5 Å². The van der Waals surface area contributed by atoms with Crippen molar-refractivity contribution >= 4 is 47.0 Å². The van der Waals surface area contributed by atoms with E-state index in [9.17, 15) is 29.1 Å². The fourth-order valence-corrected chi connectivity index (χ4v) is 6.85. The van der Waals surface area contributed by atoms with E-state index >= 15 is 0 Å². The fourth-order valence-electron chi connectivity index (χ4n) is 6.85. The first-order valence-electron chi connectivity index (χ1n) is 17.9. The molecule has 4 amide bonds. The summed E-state index contributed by atoms with van der Waals surface area (Å²) in [5.74, 6) is -1.06. The Morgan fingerprint density at radius 1 is 1.00 bits per heavy atom. The third kappa shape index (κ3) is 8.42. The summed E-state index contributed by atoms with van der Waals surface area (Å²) in [4.78, 5) is 71.3. The first-order valence-corrected chi connectivity index (χ1v) is 17.9. The number of carbonyl (C=O) groups excluding carboxylic acids is 4. The molecule has 17 heteroatoms. The van der Waals surface area contributed by atoms with Gasteiger partial charge in [0.1, 0.15) is 0 Å². The van der Waals surface area contributed by atoms with E-state index in [0.29, 0.717) is 37.2 Å². The van der Waals surface area contributed by atoms with Crippen LogP contribution in [0, 0.1) is 0 Å². The van der Waals surface area contributed by atoms with E-state index in [4.69, 9.17) is 18.9 Å². The van der Waals surface area contributed by atoms with Crippen LogP contribution in [0.1, 0.15) is 82.7 Å². The number of nitrogens with zero attached hydrogens (tertiary/aromatic N) is 4. The number of fused-ring (bicyclic) bond motifs is 2. The average Bonchev–Trinajstić information content (AvgIpc) is 3.51. The molecule has 3 N–H and O–H groups in total. The molecule has 1 aromatic heterocycles. The molecule has 2 saturated heterocycles. The van der Waals surface area contributed by atoms with E-state index in [0.717, 1.165) is 30.6 Å². The number of imidazole rings is 1. The van der Waals surface area contributed by atoms with E-state index in [1.165, 1.54) is 49.2 Å². The zero-order valence-electron chi connectivity index (χ0n) is 30.4. The minimum Gasteiger partial charge on any atom is -0.493 e. The Morgan fingerprint density at radius 3 is 2.48 bits per heavy atom. The number of amides is 4. The smallest absolute Gasteiger partial charge is 0.414 e. The van der Waals surface area contributed by atoms with Crippen LogP contribution in [0.15, 0.2) is 42.6 Å². The summed E-state index contributed by atoms with van der Waals surface area (Å²) < 4.78 is 29.9. The molecular formula is C37H44N6O11. The van der Waals surface area contributed by atoms with Crippen molar-refractivity contribution in [2.75, 3.05) is 49.5 Å². The highest BCUT2D eigenvalue weighted by atomic mass is 16.7. The van der Waals surface area contributed by atoms with Gasteiger partial charge < -0.3 is 48.9 Å². The molecule has 2 aromatic carbocycles. The number of anilines is 3. The summed E-state index contributed by atoms with van der Waals surface area (Å²) in [6, 6.07) is 8.62. The van der Waals surface area contributed by atoms with E-state index in [-0.39, 0.29) is 65.7 Å². The normalized spacial score (nSPS) is 19.5. The predicted octanol–water partition coefficient (Wildman–Crippen LogP) is 4.63. The zero-order chi connectivity index (χ0) is 38.4. The van der Waals surface area contributed by atoms with Gasteiger partial charge in [0.25, 0.3) is 11.8 Å². The van der Waals surface area contributed by atoms with Crippen molar-refractivity contribution in [2.45, 2.75) is 69.9 Å². The number of ether oxygens (including phenoxy) is 5. The van der Waals surface area contributed by atoms with Crippen LogP contribution < -0.4 is 25.0 Å². The first kappa shape index (κ1) is 38.1. The Kier molecular flexibility index (Phi) is 12.0. The number of piperidine rings is 1. The van der Waals surface area contributed by atoms with Gasteiger partial charge in [-0.15, -0.1) is 0 Å². The summed E-state index contributed by atoms with van der Waals surface area (Å²) in [5.41, 5.74) is 1.04. The Labute approximate surface area is 311 Å². The van der Waals surface area contributed by atoms with Crippen molar-refractivity contribution in [2.24, 2.45) is 7.05 Å². The number of carboxylic acid groups (broad SMARTS) is 1. The molecule has 54 heavy (non-hydrogen) atoms. The standard InChI is InChI=1S/C37H44N6O11/c1-41-21-29(40-32(41)33(45)38-23-14-12-22(13-15-23)36(47)51-3)39-30(44)10-8-18-52-28-20-26-24(19-27(28)50-2)34(46)42-16-6-4-9-25(42)35(43(26)37(48)49)54-31-11-5-7-17-53-31/h12-15,19-21,25,31,35H,4-11,16-18H2,1-3H3,(H,38,45)(H,39,44)(H,48,49)/t25-,31?,35?/m0/s1. The number of rotatable bonds is 12. The van der Waals surface area contributed by atoms with Gasteiger partial charge in [-0.25, -0.2) is 19.5 Å². The first-order chi connectivity index (χ1) is 26.1. The molecule has 3 aliphatic rings. The molecule has 0 bridgehead atoms. The lowest BCUT2D eigenvalue weighted by atomic mass is 10.00. The molecule has 0 radical (unpaired) electrons. The minimum absolute atomic E-state index is 0.0333. The average molecular weight is 749 g/mol. The molecule has 2 unspecified atom stereocenters. The largest absolute Gasteiger partial charge is 0.493 e. The number of methoxy groups -OCH3 is 2. The lowest BCUT2D eigenvalue weighted by Gasteiger charge is -2.42. The van der Waals surface area contributed by atoms with E-state index in [1.807, 2.05) is 0 Å². The maximum atomic E-state index is 14.0. The summed E-state index contributed by atoms with van der Waals surface area (Å²) in [7, 11) is 4.32. The van der Waals surface area contributed by atoms with Gasteiger partial charge in [-0.2, -0.15) is 0 Å². The van der Waals surface area contributed by atoms with Gasteiger partial charge in [-0.3, -0.25) is 14.4 Å². The number of nitrogens with one attached hydrogen (secondary N) is 2. The van der Waals surface area contributed by atoms with Gasteiger partial charge >= 0.3 is 12.1 Å². The Bertz CT molecular complexity index is 1870. The molecule has 3 aliphatic heterocycles. The fraction of sp³-hybridized carbons (Fsp3) is 0.459. The van der Waals surface area contributed by atoms with Crippen LogP contribution in [0.5, 0.6) is 11.5 Å². The quantitative estimate of drug-likeness (QED) is 0.172. The monoisotopic (exact) mass is 748 g/mol. The molecule has 6 rings (SSSR count). The molecule has 4 heterocycles. The van der Waals surface area contributed by atoms with Gasteiger partial charge in [0.2, 0.25) is 11.7 Å². The highest BCUT2D eigenvalue weighted by molar-refractivity contribution is 6.06. The van der Waals surface area contributed by atoms with Gasteiger partial charge in [0, 0.05) is 44.6 Å². The molecule has 0 spiro atoms. The highest BCUT2D eigenvalue weighted by Crippen LogP contribution is 2.42. The SMILES string of the molecule is COC(=O)c1ccc(NC(=O)c2nc(NC(=O)CCCOc3cc4c(cc3OC)C(=O)N3CCCC[C@H]3C(OC3CCCCO3)N4C(=O)O)cn2C)cc1. The summed E-state index contributed by atoms with van der Waals surface area (Å²) in [5, 5.41) is 15.9. The number of hydrogen-bond acceptors (Lipinski definition) is 11. The van der Waals surface area contributed by atoms with Gasteiger partial charge in [-0.05, 0) is 75.3 Å². The third-order valence-corrected chi connectivity index (χ3v) is 9.52. The van der Waals surface area contributed by atoms with Crippen LogP contribution in [-0.2, 0) is 26.1 Å². The van der Waals surface area contributed by atoms with Crippen molar-refractivity contribution in [3.63, 3.8) is 0 Å². The van der Waals surface area contributed by atoms with Crippen molar-refractivity contribution in [1.29, 1.82) is 0 Å². The maximum absolute atomic E-state index is 14.0. The van der Waals surface area contributed by atoms with Gasteiger partial charge in [-0.1, -0.05) is 0 Å². The highest BCUT2D eigenvalue weighted by Gasteiger charge is 2.46. The van der Waals surface area contributed by atoms with Crippen LogP contribution in [-0.4, -0.2) is 102 Å². The number of carbonyl (C=O) groups is 5. The number of hydrogen-bond donors (Lipinski definition) is 3. The third-order valence-electron chi connectivity index (χ3n) is 9.52. The van der Waals surface area contributed by atoms with Crippen LogP contribution >= 0.6 is 0 Å². The van der Waals surface area contributed by atoms with Crippen molar-refractivity contribution in [3.8, 4) is 11.5 Å². The molecule has 17 nitrogen and oxygen atoms in total. The molecular weight excluding hydrogens is 704 g/mol. The predicted molar refractivity (Wildman–Crippen MR) is 193 cm³/mol.